The van der Waals surface area contributed by atoms with Crippen molar-refractivity contribution < 1.29 is 28.1 Å². The van der Waals surface area contributed by atoms with Crippen molar-refractivity contribution in [2.45, 2.75) is 113 Å². The van der Waals surface area contributed by atoms with Gasteiger partial charge in [0.2, 0.25) is 0 Å². The molecule has 2 N–H and O–H groups in total. The van der Waals surface area contributed by atoms with E-state index in [1.807, 2.05) is 18.2 Å². The Morgan fingerprint density at radius 3 is 2.09 bits per heavy atom. The number of benzene rings is 2. The lowest BCUT2D eigenvalue weighted by molar-refractivity contribution is -0.322. The molecule has 47 heavy (non-hydrogen) atoms. The summed E-state index contributed by atoms with van der Waals surface area (Å²) < 4.78 is 36.5. The van der Waals surface area contributed by atoms with Crippen molar-refractivity contribution in [1.82, 2.24) is 0 Å². The van der Waals surface area contributed by atoms with Crippen LogP contribution in [0.3, 0.4) is 0 Å². The Morgan fingerprint density at radius 2 is 1.49 bits per heavy atom. The van der Waals surface area contributed by atoms with E-state index in [0.717, 1.165) is 56.1 Å². The van der Waals surface area contributed by atoms with Crippen LogP contribution in [0.1, 0.15) is 108 Å². The van der Waals surface area contributed by atoms with Gasteiger partial charge in [0.15, 0.2) is 15.6 Å². The van der Waals surface area contributed by atoms with Crippen molar-refractivity contribution in [2.24, 2.45) is 22.7 Å². The van der Waals surface area contributed by atoms with E-state index in [4.69, 9.17) is 9.47 Å². The molecule has 5 aliphatic rings. The Hall–Kier alpha value is -2.29. The summed E-state index contributed by atoms with van der Waals surface area (Å²) in [5.74, 6) is 0.174. The molecule has 4 fully saturated rings. The van der Waals surface area contributed by atoms with Crippen LogP contribution < -0.4 is 0 Å². The van der Waals surface area contributed by atoms with Gasteiger partial charge in [0, 0.05) is 35.8 Å². The van der Waals surface area contributed by atoms with Crippen LogP contribution in [0, 0.1) is 22.7 Å². The molecule has 0 bridgehead atoms. The summed E-state index contributed by atoms with van der Waals surface area (Å²) in [7, 11) is -3.22. The molecule has 3 saturated carbocycles. The Labute approximate surface area is 281 Å². The lowest BCUT2D eigenvalue weighted by Crippen LogP contribution is -2.58. The third-order valence-corrected chi connectivity index (χ3v) is 14.0. The van der Waals surface area contributed by atoms with E-state index in [9.17, 15) is 18.6 Å². The molecule has 6 nitrogen and oxygen atoms in total. The van der Waals surface area contributed by atoms with Crippen molar-refractivity contribution in [3.8, 4) is 0 Å². The Morgan fingerprint density at radius 1 is 0.872 bits per heavy atom. The molecule has 6 atom stereocenters. The van der Waals surface area contributed by atoms with Gasteiger partial charge in [0.1, 0.15) is 0 Å². The quantitative estimate of drug-likeness (QED) is 0.252. The van der Waals surface area contributed by atoms with Crippen molar-refractivity contribution in [3.05, 3.63) is 76.4 Å². The van der Waals surface area contributed by atoms with Gasteiger partial charge in [0.25, 0.3) is 0 Å². The topological polar surface area (TPSA) is 93.1 Å². The van der Waals surface area contributed by atoms with Crippen LogP contribution in [0.2, 0.25) is 0 Å². The largest absolute Gasteiger partial charge is 0.389 e. The third kappa shape index (κ3) is 5.68. The van der Waals surface area contributed by atoms with Gasteiger partial charge in [-0.2, -0.15) is 0 Å². The zero-order chi connectivity index (χ0) is 33.5. The summed E-state index contributed by atoms with van der Waals surface area (Å²) in [6.07, 6.45) is 12.5. The van der Waals surface area contributed by atoms with Crippen LogP contribution in [0.4, 0.5) is 0 Å². The number of rotatable bonds is 5. The maximum atomic E-state index is 12.5. The fourth-order valence-corrected chi connectivity index (χ4v) is 10.7. The molecule has 0 aromatic heterocycles. The highest BCUT2D eigenvalue weighted by Gasteiger charge is 2.64. The van der Waals surface area contributed by atoms with E-state index in [2.05, 4.69) is 58.0 Å². The molecule has 1 heterocycles. The summed E-state index contributed by atoms with van der Waals surface area (Å²) in [4.78, 5) is 0.318. The minimum absolute atomic E-state index is 0.0219. The first kappa shape index (κ1) is 33.2. The SMILES string of the molecule is CC[C@]1(O)CCC2C3CC[C@@]4(O)CC5(CCC4=C3[C@@H](c3ccc(/C=C/c4ccc(S(C)(=O)=O)cc4)cc3)C[C@@]21C)OCC(C)(C)CO5. The number of aliphatic hydroxyl groups is 2. The average molecular weight is 661 g/mol. The fourth-order valence-electron chi connectivity index (χ4n) is 10.1. The third-order valence-electron chi connectivity index (χ3n) is 12.9. The van der Waals surface area contributed by atoms with Gasteiger partial charge in [-0.1, -0.05) is 81.8 Å². The van der Waals surface area contributed by atoms with Crippen molar-refractivity contribution in [2.75, 3.05) is 19.5 Å². The molecule has 2 aromatic carbocycles. The molecule has 0 radical (unpaired) electrons. The minimum atomic E-state index is -3.22. The van der Waals surface area contributed by atoms with Gasteiger partial charge in [-0.05, 0) is 91.2 Å². The minimum Gasteiger partial charge on any atom is -0.389 e. The Kier molecular flexibility index (Phi) is 8.04. The fraction of sp³-hybridized carbons (Fsp3) is 0.600. The molecule has 1 aliphatic heterocycles. The van der Waals surface area contributed by atoms with E-state index >= 15 is 0 Å². The maximum Gasteiger partial charge on any atom is 0.175 e. The number of sulfone groups is 1. The summed E-state index contributed by atoms with van der Waals surface area (Å²) in [5.41, 5.74) is 4.07. The molecule has 254 valence electrons. The number of ether oxygens (including phenoxy) is 2. The number of fused-ring (bicyclic) bond motifs is 4. The number of hydrogen-bond donors (Lipinski definition) is 2. The van der Waals surface area contributed by atoms with Gasteiger partial charge in [0.05, 0.1) is 29.3 Å². The molecule has 2 aromatic rings. The first-order valence-corrected chi connectivity index (χ1v) is 19.5. The molecule has 1 saturated heterocycles. The predicted molar refractivity (Wildman–Crippen MR) is 185 cm³/mol. The molecule has 0 amide bonds. The van der Waals surface area contributed by atoms with Gasteiger partial charge in [-0.3, -0.25) is 0 Å². The molecule has 2 unspecified atom stereocenters. The van der Waals surface area contributed by atoms with Gasteiger partial charge < -0.3 is 19.7 Å². The van der Waals surface area contributed by atoms with Crippen LogP contribution in [0.15, 0.2) is 64.6 Å². The molecular formula is C40H52O6S. The number of allylic oxidation sites excluding steroid dienone is 1. The van der Waals surface area contributed by atoms with Crippen LogP contribution in [-0.4, -0.2) is 55.1 Å². The van der Waals surface area contributed by atoms with E-state index in [-0.39, 0.29) is 16.7 Å². The highest BCUT2D eigenvalue weighted by molar-refractivity contribution is 7.90. The standard InChI is InChI=1S/C40H52O6S/c1-6-39(42)21-18-33-31-17-20-38(41)24-40(45-25-36(2,3)26-46-40)22-19-34(38)35(31)32(23-37(33,39)4)29-13-9-27(10-14-29)7-8-28-11-15-30(16-12-28)47(5,43)44/h7-16,31-33,41-42H,6,17-26H2,1-5H3/b8-7+/t31?,32-,33?,37+,38-,39+/m1/s1. The van der Waals surface area contributed by atoms with E-state index in [1.54, 1.807) is 12.1 Å². The second-order valence-corrected chi connectivity index (χ2v) is 18.5. The van der Waals surface area contributed by atoms with Gasteiger partial charge in [-0.15, -0.1) is 0 Å². The maximum absolute atomic E-state index is 12.5. The molecular weight excluding hydrogens is 609 g/mol. The summed E-state index contributed by atoms with van der Waals surface area (Å²) in [6.45, 7) is 10.1. The van der Waals surface area contributed by atoms with Crippen LogP contribution in [0.25, 0.3) is 12.2 Å². The lowest BCUT2D eigenvalue weighted by atomic mass is 9.49. The Balaban J connectivity index is 1.22. The highest BCUT2D eigenvalue weighted by atomic mass is 32.2. The normalized spacial score (nSPS) is 36.3. The first-order valence-electron chi connectivity index (χ1n) is 17.6. The van der Waals surface area contributed by atoms with E-state index in [1.165, 1.54) is 23.0 Å². The van der Waals surface area contributed by atoms with Crippen LogP contribution in [0.5, 0.6) is 0 Å². The monoisotopic (exact) mass is 660 g/mol. The predicted octanol–water partition coefficient (Wildman–Crippen LogP) is 7.70. The molecule has 7 rings (SSSR count). The van der Waals surface area contributed by atoms with Crippen molar-refractivity contribution in [3.63, 3.8) is 0 Å². The highest BCUT2D eigenvalue weighted by Crippen LogP contribution is 2.68. The molecule has 4 aliphatic carbocycles. The first-order chi connectivity index (χ1) is 22.1. The lowest BCUT2D eigenvalue weighted by Gasteiger charge is -2.58. The zero-order valence-electron chi connectivity index (χ0n) is 28.7. The van der Waals surface area contributed by atoms with Crippen molar-refractivity contribution in [1.29, 1.82) is 0 Å². The van der Waals surface area contributed by atoms with E-state index in [0.29, 0.717) is 42.8 Å². The summed E-state index contributed by atoms with van der Waals surface area (Å²) >= 11 is 0. The van der Waals surface area contributed by atoms with Gasteiger partial charge in [-0.25, -0.2) is 8.42 Å². The van der Waals surface area contributed by atoms with Gasteiger partial charge >= 0.3 is 0 Å². The molecule has 1 spiro atoms. The van der Waals surface area contributed by atoms with Crippen molar-refractivity contribution >= 4 is 22.0 Å². The Bertz CT molecular complexity index is 1680. The zero-order valence-corrected chi connectivity index (χ0v) is 29.5. The van der Waals surface area contributed by atoms with Crippen LogP contribution >= 0.6 is 0 Å². The second kappa shape index (κ2) is 11.4. The average Bonchev–Trinajstić information content (AvgIpc) is 3.31. The van der Waals surface area contributed by atoms with E-state index < -0.39 is 26.8 Å². The number of hydrogen-bond acceptors (Lipinski definition) is 6. The molecule has 7 heteroatoms. The second-order valence-electron chi connectivity index (χ2n) is 16.5. The smallest absolute Gasteiger partial charge is 0.175 e. The summed E-state index contributed by atoms with van der Waals surface area (Å²) in [5, 5.41) is 24.5. The van der Waals surface area contributed by atoms with Crippen LogP contribution in [-0.2, 0) is 19.3 Å². The summed E-state index contributed by atoms with van der Waals surface area (Å²) in [6, 6.07) is 15.7.